The zero-order chi connectivity index (χ0) is 23.3. The molecule has 1 aromatic carbocycles. The molecule has 3 rings (SSSR count). The SMILES string of the molecule is Cc1cc(C)nc(NS(=O)(=O)c2ccc(NC(=O)CSc3nc(C)ccc3C#N)cc2)n1. The maximum atomic E-state index is 12.6. The first-order chi connectivity index (χ1) is 15.2. The molecular formula is C21H20N6O3S2. The van der Waals surface area contributed by atoms with E-state index in [4.69, 9.17) is 5.26 Å². The van der Waals surface area contributed by atoms with Crippen molar-refractivity contribution in [1.82, 2.24) is 15.0 Å². The summed E-state index contributed by atoms with van der Waals surface area (Å²) in [4.78, 5) is 24.7. The van der Waals surface area contributed by atoms with Gasteiger partial charge in [-0.2, -0.15) is 5.26 Å². The van der Waals surface area contributed by atoms with Crippen LogP contribution >= 0.6 is 11.8 Å². The van der Waals surface area contributed by atoms with Crippen molar-refractivity contribution < 1.29 is 13.2 Å². The van der Waals surface area contributed by atoms with Gasteiger partial charge in [0.1, 0.15) is 11.1 Å². The molecule has 0 unspecified atom stereocenters. The lowest BCUT2D eigenvalue weighted by Gasteiger charge is -2.09. The molecule has 32 heavy (non-hydrogen) atoms. The van der Waals surface area contributed by atoms with Crippen LogP contribution in [0.2, 0.25) is 0 Å². The molecule has 9 nitrogen and oxygen atoms in total. The fourth-order valence-electron chi connectivity index (χ4n) is 2.73. The highest BCUT2D eigenvalue weighted by Gasteiger charge is 2.16. The Labute approximate surface area is 190 Å². The third-order valence-electron chi connectivity index (χ3n) is 4.12. The predicted molar refractivity (Wildman–Crippen MR) is 122 cm³/mol. The van der Waals surface area contributed by atoms with E-state index in [2.05, 4.69) is 31.1 Å². The topological polar surface area (TPSA) is 138 Å². The minimum absolute atomic E-state index is 0.00148. The Morgan fingerprint density at radius 3 is 2.28 bits per heavy atom. The number of hydrogen-bond acceptors (Lipinski definition) is 8. The van der Waals surface area contributed by atoms with Crippen molar-refractivity contribution >= 4 is 39.3 Å². The van der Waals surface area contributed by atoms with E-state index in [-0.39, 0.29) is 22.5 Å². The molecule has 0 bridgehead atoms. The van der Waals surface area contributed by atoms with Gasteiger partial charge in [0, 0.05) is 22.8 Å². The molecule has 1 amide bonds. The number of aromatic nitrogens is 3. The van der Waals surface area contributed by atoms with Gasteiger partial charge in [0.05, 0.1) is 16.2 Å². The fraction of sp³-hybridized carbons (Fsp3) is 0.190. The molecule has 0 spiro atoms. The van der Waals surface area contributed by atoms with Crippen LogP contribution in [0.5, 0.6) is 0 Å². The number of nitrogens with one attached hydrogen (secondary N) is 2. The van der Waals surface area contributed by atoms with E-state index in [9.17, 15) is 13.2 Å². The van der Waals surface area contributed by atoms with Crippen molar-refractivity contribution in [2.24, 2.45) is 0 Å². The number of sulfonamides is 1. The van der Waals surface area contributed by atoms with Crippen molar-refractivity contribution in [1.29, 1.82) is 5.26 Å². The number of carbonyl (C=O) groups is 1. The molecule has 0 aliphatic carbocycles. The molecule has 0 aliphatic rings. The monoisotopic (exact) mass is 468 g/mol. The molecule has 2 aromatic heterocycles. The molecule has 0 fully saturated rings. The zero-order valence-corrected chi connectivity index (χ0v) is 19.2. The first-order valence-corrected chi connectivity index (χ1v) is 11.9. The molecule has 11 heteroatoms. The first-order valence-electron chi connectivity index (χ1n) is 9.42. The van der Waals surface area contributed by atoms with Crippen LogP contribution in [-0.4, -0.2) is 35.0 Å². The van der Waals surface area contributed by atoms with Crippen LogP contribution in [-0.2, 0) is 14.8 Å². The van der Waals surface area contributed by atoms with Crippen LogP contribution in [0.3, 0.4) is 0 Å². The van der Waals surface area contributed by atoms with Gasteiger partial charge in [-0.05, 0) is 63.2 Å². The predicted octanol–water partition coefficient (Wildman–Crippen LogP) is 3.20. The average molecular weight is 469 g/mol. The summed E-state index contributed by atoms with van der Waals surface area (Å²) in [7, 11) is -3.88. The number of benzene rings is 1. The van der Waals surface area contributed by atoms with Gasteiger partial charge in [-0.25, -0.2) is 28.1 Å². The van der Waals surface area contributed by atoms with Crippen molar-refractivity contribution in [2.75, 3.05) is 15.8 Å². The van der Waals surface area contributed by atoms with Crippen LogP contribution in [0.15, 0.2) is 52.4 Å². The second-order valence-electron chi connectivity index (χ2n) is 6.86. The molecule has 0 atom stereocenters. The van der Waals surface area contributed by atoms with Gasteiger partial charge in [0.15, 0.2) is 0 Å². The Bertz CT molecular complexity index is 1280. The Kier molecular flexibility index (Phi) is 7.07. The number of rotatable bonds is 7. The van der Waals surface area contributed by atoms with Gasteiger partial charge in [-0.3, -0.25) is 4.79 Å². The standard InChI is InChI=1S/C21H20N6O3S2/c1-13-4-5-16(11-22)20(23-13)31-12-19(28)26-17-6-8-18(9-7-17)32(29,30)27-21-24-14(2)10-15(3)25-21/h4-10H,12H2,1-3H3,(H,26,28)(H,24,25,27). The van der Waals surface area contributed by atoms with Gasteiger partial charge < -0.3 is 5.32 Å². The second kappa shape index (κ2) is 9.76. The van der Waals surface area contributed by atoms with Crippen molar-refractivity contribution in [3.8, 4) is 6.07 Å². The number of pyridine rings is 1. The molecule has 2 heterocycles. The Balaban J connectivity index is 1.63. The van der Waals surface area contributed by atoms with Gasteiger partial charge in [-0.15, -0.1) is 0 Å². The largest absolute Gasteiger partial charge is 0.325 e. The van der Waals surface area contributed by atoms with E-state index in [1.807, 2.05) is 6.92 Å². The number of nitriles is 1. The van der Waals surface area contributed by atoms with Gasteiger partial charge in [0.25, 0.3) is 10.0 Å². The number of aryl methyl sites for hydroxylation is 3. The molecule has 0 radical (unpaired) electrons. The Hall–Kier alpha value is -3.49. The molecular weight excluding hydrogens is 448 g/mol. The molecule has 164 valence electrons. The number of nitrogens with zero attached hydrogens (tertiary/aromatic N) is 4. The minimum Gasteiger partial charge on any atom is -0.325 e. The Morgan fingerprint density at radius 1 is 1.00 bits per heavy atom. The fourth-order valence-corrected chi connectivity index (χ4v) is 4.49. The summed E-state index contributed by atoms with van der Waals surface area (Å²) in [6.45, 7) is 5.30. The number of carbonyl (C=O) groups excluding carboxylic acids is 1. The second-order valence-corrected chi connectivity index (χ2v) is 9.50. The minimum atomic E-state index is -3.88. The van der Waals surface area contributed by atoms with E-state index in [1.165, 1.54) is 24.3 Å². The third-order valence-corrected chi connectivity index (χ3v) is 6.45. The summed E-state index contributed by atoms with van der Waals surface area (Å²) in [5.74, 6) is -0.255. The quantitative estimate of drug-likeness (QED) is 0.504. The van der Waals surface area contributed by atoms with Crippen LogP contribution in [0.25, 0.3) is 0 Å². The number of amides is 1. The van der Waals surface area contributed by atoms with Gasteiger partial charge >= 0.3 is 0 Å². The lowest BCUT2D eigenvalue weighted by molar-refractivity contribution is -0.113. The van der Waals surface area contributed by atoms with Gasteiger partial charge in [-0.1, -0.05) is 11.8 Å². The van der Waals surface area contributed by atoms with Crippen molar-refractivity contribution in [3.63, 3.8) is 0 Å². The van der Waals surface area contributed by atoms with E-state index >= 15 is 0 Å². The summed E-state index contributed by atoms with van der Waals surface area (Å²) >= 11 is 1.16. The lowest BCUT2D eigenvalue weighted by atomic mass is 10.3. The first kappa shape index (κ1) is 23.2. The summed E-state index contributed by atoms with van der Waals surface area (Å²) in [5.41, 5.74) is 2.89. The van der Waals surface area contributed by atoms with E-state index in [1.54, 1.807) is 32.0 Å². The van der Waals surface area contributed by atoms with E-state index in [0.29, 0.717) is 27.7 Å². The molecule has 3 aromatic rings. The van der Waals surface area contributed by atoms with Crippen molar-refractivity contribution in [2.45, 2.75) is 30.7 Å². The molecule has 2 N–H and O–H groups in total. The average Bonchev–Trinajstić information content (AvgIpc) is 2.71. The highest BCUT2D eigenvalue weighted by molar-refractivity contribution is 8.00. The normalized spacial score (nSPS) is 10.9. The van der Waals surface area contributed by atoms with Crippen LogP contribution in [0.1, 0.15) is 22.6 Å². The highest BCUT2D eigenvalue weighted by Crippen LogP contribution is 2.21. The highest BCUT2D eigenvalue weighted by atomic mass is 32.2. The summed E-state index contributed by atoms with van der Waals surface area (Å²) < 4.78 is 27.5. The summed E-state index contributed by atoms with van der Waals surface area (Å²) in [6, 6.07) is 12.9. The maximum Gasteiger partial charge on any atom is 0.264 e. The van der Waals surface area contributed by atoms with Crippen LogP contribution in [0, 0.1) is 32.1 Å². The van der Waals surface area contributed by atoms with Crippen LogP contribution < -0.4 is 10.0 Å². The van der Waals surface area contributed by atoms with Crippen LogP contribution in [0.4, 0.5) is 11.6 Å². The molecule has 0 saturated carbocycles. The number of thioether (sulfide) groups is 1. The number of anilines is 2. The van der Waals surface area contributed by atoms with Gasteiger partial charge in [0.2, 0.25) is 11.9 Å². The lowest BCUT2D eigenvalue weighted by Crippen LogP contribution is -2.16. The molecule has 0 saturated heterocycles. The smallest absolute Gasteiger partial charge is 0.264 e. The Morgan fingerprint density at radius 2 is 1.66 bits per heavy atom. The number of hydrogen-bond donors (Lipinski definition) is 2. The van der Waals surface area contributed by atoms with Crippen molar-refractivity contribution in [3.05, 3.63) is 65.1 Å². The van der Waals surface area contributed by atoms with E-state index < -0.39 is 10.0 Å². The third kappa shape index (κ3) is 6.03. The summed E-state index contributed by atoms with van der Waals surface area (Å²) in [5, 5.41) is 12.3. The maximum absolute atomic E-state index is 12.6. The molecule has 0 aliphatic heterocycles. The zero-order valence-electron chi connectivity index (χ0n) is 17.6. The van der Waals surface area contributed by atoms with E-state index in [0.717, 1.165) is 17.5 Å². The summed E-state index contributed by atoms with van der Waals surface area (Å²) in [6.07, 6.45) is 0.